The van der Waals surface area contributed by atoms with Crippen LogP contribution in [0.2, 0.25) is 0 Å². The summed E-state index contributed by atoms with van der Waals surface area (Å²) in [6.07, 6.45) is 1.92. The van der Waals surface area contributed by atoms with Gasteiger partial charge < -0.3 is 15.5 Å². The van der Waals surface area contributed by atoms with Gasteiger partial charge in [0.2, 0.25) is 18.2 Å². The van der Waals surface area contributed by atoms with E-state index in [1.54, 1.807) is 0 Å². The van der Waals surface area contributed by atoms with Gasteiger partial charge in [-0.25, -0.2) is 0 Å². The number of amides is 1. The second kappa shape index (κ2) is 6.49. The molecule has 0 aliphatic rings. The summed E-state index contributed by atoms with van der Waals surface area (Å²) >= 11 is 0. The second-order valence-electron chi connectivity index (χ2n) is 5.50. The smallest absolute Gasteiger partial charge is 0.247 e. The number of hydrogen-bond donors (Lipinski definition) is 2. The maximum atomic E-state index is 12.1. The Labute approximate surface area is 123 Å². The van der Waals surface area contributed by atoms with Crippen LogP contribution in [0.25, 0.3) is 11.5 Å². The standard InChI is InChI=1S/C15H20N4O2/c1-9(2)6-12(16)14(20)18-13-7-11(5-4-10(13)3)15-19-17-8-21-15/h4-5,7-9,12H,6,16H2,1-3H3,(H,18,20)/t12-/m0/s1. The van der Waals surface area contributed by atoms with Crippen molar-refractivity contribution >= 4 is 11.6 Å². The van der Waals surface area contributed by atoms with E-state index in [9.17, 15) is 4.79 Å². The number of carbonyl (C=O) groups excluding carboxylic acids is 1. The van der Waals surface area contributed by atoms with Gasteiger partial charge in [-0.2, -0.15) is 0 Å². The average Bonchev–Trinajstić information content (AvgIpc) is 2.94. The zero-order chi connectivity index (χ0) is 15.4. The summed E-state index contributed by atoms with van der Waals surface area (Å²) in [4.78, 5) is 12.1. The highest BCUT2D eigenvalue weighted by molar-refractivity contribution is 5.95. The van der Waals surface area contributed by atoms with Crippen molar-refractivity contribution in [2.24, 2.45) is 11.7 Å². The number of benzene rings is 1. The molecule has 3 N–H and O–H groups in total. The van der Waals surface area contributed by atoms with E-state index in [2.05, 4.69) is 15.5 Å². The Hall–Kier alpha value is -2.21. The van der Waals surface area contributed by atoms with Gasteiger partial charge in [-0.1, -0.05) is 19.9 Å². The van der Waals surface area contributed by atoms with Crippen LogP contribution in [-0.4, -0.2) is 22.1 Å². The number of nitrogens with zero attached hydrogens (tertiary/aromatic N) is 2. The van der Waals surface area contributed by atoms with Gasteiger partial charge in [0.05, 0.1) is 6.04 Å². The fourth-order valence-corrected chi connectivity index (χ4v) is 2.03. The fraction of sp³-hybridized carbons (Fsp3) is 0.400. The number of hydrogen-bond acceptors (Lipinski definition) is 5. The lowest BCUT2D eigenvalue weighted by Gasteiger charge is -2.15. The molecule has 6 heteroatoms. The molecule has 0 saturated carbocycles. The third kappa shape index (κ3) is 3.88. The minimum Gasteiger partial charge on any atom is -0.423 e. The van der Waals surface area contributed by atoms with Crippen molar-refractivity contribution in [1.82, 2.24) is 10.2 Å². The quantitative estimate of drug-likeness (QED) is 0.880. The van der Waals surface area contributed by atoms with Crippen LogP contribution in [0, 0.1) is 12.8 Å². The van der Waals surface area contributed by atoms with Crippen LogP contribution in [0.15, 0.2) is 29.0 Å². The normalized spacial score (nSPS) is 12.4. The van der Waals surface area contributed by atoms with E-state index in [0.29, 0.717) is 23.9 Å². The van der Waals surface area contributed by atoms with Crippen LogP contribution in [0.3, 0.4) is 0 Å². The predicted molar refractivity (Wildman–Crippen MR) is 80.5 cm³/mol. The molecule has 1 atom stereocenters. The van der Waals surface area contributed by atoms with E-state index in [4.69, 9.17) is 10.2 Å². The van der Waals surface area contributed by atoms with Crippen LogP contribution >= 0.6 is 0 Å². The third-order valence-corrected chi connectivity index (χ3v) is 3.16. The molecular formula is C15H20N4O2. The number of nitrogens with one attached hydrogen (secondary N) is 1. The molecule has 112 valence electrons. The van der Waals surface area contributed by atoms with E-state index < -0.39 is 6.04 Å². The largest absolute Gasteiger partial charge is 0.423 e. The van der Waals surface area contributed by atoms with E-state index in [1.807, 2.05) is 39.0 Å². The van der Waals surface area contributed by atoms with Gasteiger partial charge in [0.25, 0.3) is 0 Å². The van der Waals surface area contributed by atoms with E-state index in [1.165, 1.54) is 6.39 Å². The van der Waals surface area contributed by atoms with Gasteiger partial charge in [0.15, 0.2) is 0 Å². The molecule has 1 amide bonds. The molecule has 2 aromatic rings. The van der Waals surface area contributed by atoms with Crippen LogP contribution in [-0.2, 0) is 4.79 Å². The maximum absolute atomic E-state index is 12.1. The first-order valence-corrected chi connectivity index (χ1v) is 6.91. The molecule has 0 radical (unpaired) electrons. The number of nitrogens with two attached hydrogens (primary N) is 1. The van der Waals surface area contributed by atoms with Crippen LogP contribution < -0.4 is 11.1 Å². The van der Waals surface area contributed by atoms with Crippen molar-refractivity contribution < 1.29 is 9.21 Å². The molecular weight excluding hydrogens is 268 g/mol. The third-order valence-electron chi connectivity index (χ3n) is 3.16. The summed E-state index contributed by atoms with van der Waals surface area (Å²) < 4.78 is 5.16. The highest BCUT2D eigenvalue weighted by atomic mass is 16.4. The average molecular weight is 288 g/mol. The molecule has 2 rings (SSSR count). The van der Waals surface area contributed by atoms with Gasteiger partial charge >= 0.3 is 0 Å². The molecule has 1 aromatic heterocycles. The predicted octanol–water partition coefficient (Wildman–Crippen LogP) is 2.36. The van der Waals surface area contributed by atoms with E-state index >= 15 is 0 Å². The first kappa shape index (κ1) is 15.2. The Morgan fingerprint density at radius 1 is 1.43 bits per heavy atom. The summed E-state index contributed by atoms with van der Waals surface area (Å²) in [5, 5.41) is 10.4. The van der Waals surface area contributed by atoms with Crippen molar-refractivity contribution in [3.05, 3.63) is 30.2 Å². The number of anilines is 1. The van der Waals surface area contributed by atoms with Gasteiger partial charge in [-0.15, -0.1) is 10.2 Å². The van der Waals surface area contributed by atoms with Crippen LogP contribution in [0.1, 0.15) is 25.8 Å². The lowest BCUT2D eigenvalue weighted by molar-refractivity contribution is -0.117. The summed E-state index contributed by atoms with van der Waals surface area (Å²) in [6, 6.07) is 5.05. The van der Waals surface area contributed by atoms with Crippen molar-refractivity contribution in [3.8, 4) is 11.5 Å². The molecule has 6 nitrogen and oxygen atoms in total. The lowest BCUT2D eigenvalue weighted by Crippen LogP contribution is -2.36. The Kier molecular flexibility index (Phi) is 4.70. The second-order valence-corrected chi connectivity index (χ2v) is 5.50. The molecule has 0 bridgehead atoms. The summed E-state index contributed by atoms with van der Waals surface area (Å²) in [6.45, 7) is 5.99. The number of rotatable bonds is 5. The molecule has 1 aromatic carbocycles. The molecule has 1 heterocycles. The van der Waals surface area contributed by atoms with Crippen LogP contribution in [0.5, 0.6) is 0 Å². The lowest BCUT2D eigenvalue weighted by atomic mass is 10.0. The van der Waals surface area contributed by atoms with Gasteiger partial charge in [-0.3, -0.25) is 4.79 Å². The molecule has 0 aliphatic carbocycles. The minimum atomic E-state index is -0.517. The Bertz CT molecular complexity index is 608. The van der Waals surface area contributed by atoms with Crippen molar-refractivity contribution in [2.45, 2.75) is 33.2 Å². The molecule has 0 aliphatic heterocycles. The van der Waals surface area contributed by atoms with Gasteiger partial charge in [-0.05, 0) is 37.0 Å². The highest BCUT2D eigenvalue weighted by Crippen LogP contribution is 2.24. The fourth-order valence-electron chi connectivity index (χ4n) is 2.03. The molecule has 0 unspecified atom stereocenters. The maximum Gasteiger partial charge on any atom is 0.247 e. The number of carbonyl (C=O) groups is 1. The minimum absolute atomic E-state index is 0.186. The summed E-state index contributed by atoms with van der Waals surface area (Å²) in [7, 11) is 0. The van der Waals surface area contributed by atoms with Gasteiger partial charge in [0.1, 0.15) is 0 Å². The first-order valence-electron chi connectivity index (χ1n) is 6.91. The molecule has 0 spiro atoms. The SMILES string of the molecule is Cc1ccc(-c2nnco2)cc1NC(=O)[C@@H](N)CC(C)C. The van der Waals surface area contributed by atoms with Crippen molar-refractivity contribution in [3.63, 3.8) is 0 Å². The summed E-state index contributed by atoms with van der Waals surface area (Å²) in [5.74, 6) is 0.600. The number of aromatic nitrogens is 2. The van der Waals surface area contributed by atoms with Crippen molar-refractivity contribution in [1.29, 1.82) is 0 Å². The van der Waals surface area contributed by atoms with E-state index in [0.717, 1.165) is 11.1 Å². The van der Waals surface area contributed by atoms with Gasteiger partial charge in [0, 0.05) is 11.3 Å². The topological polar surface area (TPSA) is 94.0 Å². The molecule has 21 heavy (non-hydrogen) atoms. The van der Waals surface area contributed by atoms with E-state index in [-0.39, 0.29) is 5.91 Å². The number of aryl methyl sites for hydroxylation is 1. The Morgan fingerprint density at radius 2 is 2.19 bits per heavy atom. The summed E-state index contributed by atoms with van der Waals surface area (Å²) in [5.41, 5.74) is 8.30. The molecule has 0 fully saturated rings. The van der Waals surface area contributed by atoms with Crippen molar-refractivity contribution in [2.75, 3.05) is 5.32 Å². The zero-order valence-corrected chi connectivity index (χ0v) is 12.5. The Morgan fingerprint density at radius 3 is 2.81 bits per heavy atom. The highest BCUT2D eigenvalue weighted by Gasteiger charge is 2.16. The zero-order valence-electron chi connectivity index (χ0n) is 12.5. The van der Waals surface area contributed by atoms with Crippen LogP contribution in [0.4, 0.5) is 5.69 Å². The first-order chi connectivity index (χ1) is 9.97. The monoisotopic (exact) mass is 288 g/mol. The molecule has 0 saturated heterocycles. The Balaban J connectivity index is 2.16.